The first-order valence-corrected chi connectivity index (χ1v) is 5.81. The van der Waals surface area contributed by atoms with Crippen LogP contribution in [-0.2, 0) is 47.9 Å². The zero-order chi connectivity index (χ0) is 3.58. The van der Waals surface area contributed by atoms with Crippen molar-refractivity contribution < 1.29 is 47.9 Å². The van der Waals surface area contributed by atoms with Gasteiger partial charge in [0, 0.05) is 43.4 Å². The second-order valence-electron chi connectivity index (χ2n) is 0.402. The van der Waals surface area contributed by atoms with E-state index in [2.05, 4.69) is 17.6 Å². The molecule has 0 amide bonds. The summed E-state index contributed by atoms with van der Waals surface area (Å²) in [5, 5.41) is 0. The Morgan fingerprint density at radius 2 is 1.00 bits per heavy atom. The van der Waals surface area contributed by atoms with Crippen LogP contribution in [0.25, 0.3) is 0 Å². The van der Waals surface area contributed by atoms with Gasteiger partial charge < -0.3 is 4.46 Å². The molecular weight excluding hydrogens is 256 g/mol. The molecule has 0 aliphatic heterocycles. The Hall–Kier alpha value is 3.37. The molecule has 0 aliphatic rings. The van der Waals surface area contributed by atoms with E-state index in [0.717, 1.165) is 0 Å². The van der Waals surface area contributed by atoms with E-state index in [0.29, 0.717) is 0 Å². The van der Waals surface area contributed by atoms with Crippen LogP contribution in [0.4, 0.5) is 0 Å². The minimum absolute atomic E-state index is 0. The zero-order valence-corrected chi connectivity index (χ0v) is 9.50. The minimum atomic E-state index is -1.30. The Balaban J connectivity index is -0.00000000750. The van der Waals surface area contributed by atoms with Gasteiger partial charge in [0.15, 0.2) is 34.7 Å². The van der Waals surface area contributed by atoms with Crippen molar-refractivity contribution in [1.29, 1.82) is 0 Å². The van der Waals surface area contributed by atoms with Gasteiger partial charge in [-0.2, -0.15) is 0 Å². The maximum Gasteiger partial charge on any atom is 0.317 e. The van der Waals surface area contributed by atoms with E-state index in [9.17, 15) is 4.46 Å². The van der Waals surface area contributed by atoms with Crippen molar-refractivity contribution in [2.75, 3.05) is 0 Å². The van der Waals surface area contributed by atoms with Crippen molar-refractivity contribution in [3.63, 3.8) is 0 Å². The fourth-order valence-electron chi connectivity index (χ4n) is 0. The van der Waals surface area contributed by atoms with Crippen molar-refractivity contribution in [2.45, 2.75) is 0 Å². The molecule has 0 aromatic heterocycles. The molecule has 0 fully saturated rings. The Kier molecular flexibility index (Phi) is 84.5. The summed E-state index contributed by atoms with van der Waals surface area (Å²) < 4.78 is 9.56. The molecule has 8 heteroatoms. The SMILES string of the molecule is O=[Si](P)P.[AlH3].[AlH3].[Ti].[Ti]. The quantitative estimate of drug-likeness (QED) is 0.358. The maximum absolute atomic E-state index is 9.56. The Labute approximate surface area is 107 Å². The van der Waals surface area contributed by atoms with E-state index in [1.807, 2.05) is 0 Å². The summed E-state index contributed by atoms with van der Waals surface area (Å²) in [6.07, 6.45) is 0. The van der Waals surface area contributed by atoms with Crippen molar-refractivity contribution in [3.8, 4) is 0 Å². The number of rotatable bonds is 0. The van der Waals surface area contributed by atoms with Crippen LogP contribution in [-0.4, -0.2) is 42.7 Å². The first kappa shape index (κ1) is 30.1. The number of hydrogen-bond donors (Lipinski definition) is 0. The van der Waals surface area contributed by atoms with Gasteiger partial charge in [-0.15, -0.1) is 0 Å². The van der Waals surface area contributed by atoms with E-state index >= 15 is 0 Å². The fraction of sp³-hybridized carbons (Fsp3) is 0. The van der Waals surface area contributed by atoms with Crippen LogP contribution >= 0.6 is 17.6 Å². The third-order valence-electron chi connectivity index (χ3n) is 0. The molecule has 2 atom stereocenters. The molecule has 0 rings (SSSR count). The summed E-state index contributed by atoms with van der Waals surface area (Å²) in [6.45, 7) is 0. The molecule has 0 N–H and O–H groups in total. The van der Waals surface area contributed by atoms with Crippen LogP contribution in [0.3, 0.4) is 0 Å². The van der Waals surface area contributed by atoms with Gasteiger partial charge >= 0.3 is 8.02 Å². The predicted octanol–water partition coefficient (Wildman–Crippen LogP) is -2.22. The zero-order valence-electron chi connectivity index (χ0n) is 3.06. The Morgan fingerprint density at radius 1 is 1.00 bits per heavy atom. The molecule has 2 unspecified atom stereocenters. The minimum Gasteiger partial charge on any atom is -0.378 e. The van der Waals surface area contributed by atoms with Gasteiger partial charge in [0.1, 0.15) is 0 Å². The molecule has 0 radical (unpaired) electrons. The van der Waals surface area contributed by atoms with Gasteiger partial charge in [-0.25, -0.2) is 0 Å². The van der Waals surface area contributed by atoms with E-state index in [-0.39, 0.29) is 78.2 Å². The van der Waals surface area contributed by atoms with E-state index < -0.39 is 8.02 Å². The molecule has 0 aliphatic carbocycles. The number of hydrogen-bond acceptors (Lipinski definition) is 1. The average molecular weight is 266 g/mol. The Bertz CT molecular complexity index is 41.0. The standard InChI is InChI=1S/2Al.H4OP2Si.2Ti.6H/c;;1-4(2)3;;;;;;;;/h;;2-3H2;;;;;;;;. The third kappa shape index (κ3) is 57.8. The van der Waals surface area contributed by atoms with Crippen LogP contribution < -0.4 is 0 Å². The molecule has 0 heterocycles. The maximum atomic E-state index is 9.56. The first-order valence-electron chi connectivity index (χ1n) is 0.781. The monoisotopic (exact) mass is 266 g/mol. The summed E-state index contributed by atoms with van der Waals surface area (Å²) in [6, 6.07) is 0. The van der Waals surface area contributed by atoms with Gasteiger partial charge in [-0.3, -0.25) is 0 Å². The largest absolute Gasteiger partial charge is 0.378 e. The second kappa shape index (κ2) is 22.4. The molecule has 8 heavy (non-hydrogen) atoms. The van der Waals surface area contributed by atoms with Gasteiger partial charge in [0.05, 0.1) is 0 Å². The average Bonchev–Trinajstić information content (AvgIpc) is 0.811. The molecule has 0 saturated heterocycles. The van der Waals surface area contributed by atoms with Crippen LogP contribution in [0.2, 0.25) is 0 Å². The summed E-state index contributed by atoms with van der Waals surface area (Å²) in [4.78, 5) is 0. The van der Waals surface area contributed by atoms with Gasteiger partial charge in [-0.05, 0) is 0 Å². The molecule has 0 saturated carbocycles. The van der Waals surface area contributed by atoms with Crippen LogP contribution in [0.5, 0.6) is 0 Å². The molecule has 0 spiro atoms. The normalized spacial score (nSPS) is 3.25. The fourth-order valence-corrected chi connectivity index (χ4v) is 0. The molecule has 0 bridgehead atoms. The van der Waals surface area contributed by atoms with Crippen molar-refractivity contribution in [1.82, 2.24) is 0 Å². The second-order valence-corrected chi connectivity index (χ2v) is 6.62. The van der Waals surface area contributed by atoms with Crippen LogP contribution in [0, 0.1) is 0 Å². The predicted molar refractivity (Wildman–Crippen MR) is 45.7 cm³/mol. The third-order valence-corrected chi connectivity index (χ3v) is 0. The Morgan fingerprint density at radius 3 is 1.00 bits per heavy atom. The molecule has 44 valence electrons. The van der Waals surface area contributed by atoms with Crippen molar-refractivity contribution >= 4 is 60.3 Å². The molecule has 0 aromatic carbocycles. The van der Waals surface area contributed by atoms with Gasteiger partial charge in [0.25, 0.3) is 0 Å². The van der Waals surface area contributed by atoms with Crippen LogP contribution in [0.1, 0.15) is 0 Å². The van der Waals surface area contributed by atoms with E-state index in [1.54, 1.807) is 0 Å². The molecule has 0 aromatic rings. The molecule has 1 nitrogen and oxygen atoms in total. The topological polar surface area (TPSA) is 17.1 Å². The van der Waals surface area contributed by atoms with Crippen molar-refractivity contribution in [3.05, 3.63) is 0 Å². The van der Waals surface area contributed by atoms with Crippen molar-refractivity contribution in [2.24, 2.45) is 0 Å². The van der Waals surface area contributed by atoms with E-state index in [1.165, 1.54) is 0 Å². The summed E-state index contributed by atoms with van der Waals surface area (Å²) in [7, 11) is 3.04. The van der Waals surface area contributed by atoms with E-state index in [4.69, 9.17) is 0 Å². The van der Waals surface area contributed by atoms with Gasteiger partial charge in [0.2, 0.25) is 0 Å². The first-order chi connectivity index (χ1) is 1.73. The van der Waals surface area contributed by atoms with Crippen LogP contribution in [0.15, 0.2) is 0 Å². The smallest absolute Gasteiger partial charge is 0.317 e. The summed E-state index contributed by atoms with van der Waals surface area (Å²) in [5.74, 6) is 0. The van der Waals surface area contributed by atoms with Gasteiger partial charge in [-0.1, -0.05) is 17.6 Å². The molecular formula is H10Al2OP2SiTi2. The summed E-state index contributed by atoms with van der Waals surface area (Å²) in [5.41, 5.74) is 0. The summed E-state index contributed by atoms with van der Waals surface area (Å²) >= 11 is 0.